The van der Waals surface area contributed by atoms with Crippen LogP contribution in [0.3, 0.4) is 0 Å². The van der Waals surface area contributed by atoms with Gasteiger partial charge in [0.05, 0.1) is 5.41 Å². The van der Waals surface area contributed by atoms with E-state index in [1.54, 1.807) is 0 Å². The third-order valence-corrected chi connectivity index (χ3v) is 5.04. The Labute approximate surface area is 106 Å². The lowest BCUT2D eigenvalue weighted by molar-refractivity contribution is -0.170. The number of carbonyl (C=O) groups excluding carboxylic acids is 1. The van der Waals surface area contributed by atoms with E-state index < -0.39 is 0 Å². The zero-order chi connectivity index (χ0) is 11.5. The molecule has 1 rings (SSSR count). The van der Waals surface area contributed by atoms with Crippen molar-refractivity contribution in [2.24, 2.45) is 5.41 Å². The summed E-state index contributed by atoms with van der Waals surface area (Å²) >= 11 is 2.24. The second-order valence-electron chi connectivity index (χ2n) is 5.42. The van der Waals surface area contributed by atoms with Crippen LogP contribution in [0.4, 0.5) is 0 Å². The molecule has 1 fully saturated rings. The van der Waals surface area contributed by atoms with Gasteiger partial charge in [-0.3, -0.25) is 4.79 Å². The summed E-state index contributed by atoms with van der Waals surface area (Å²) in [5.41, 5.74) is -0.542. The first-order valence-corrected chi connectivity index (χ1v) is 7.22. The standard InChI is InChI=1S/C12H21IO2/c1-11(2,9-13)10(14)15-12(3)7-5-4-6-8-12/h4-9H2,1-3H3. The average molecular weight is 324 g/mol. The molecule has 0 aromatic heterocycles. The summed E-state index contributed by atoms with van der Waals surface area (Å²) in [6, 6.07) is 0. The highest BCUT2D eigenvalue weighted by Gasteiger charge is 2.36. The molecular weight excluding hydrogens is 303 g/mol. The van der Waals surface area contributed by atoms with Crippen molar-refractivity contribution in [1.82, 2.24) is 0 Å². The van der Waals surface area contributed by atoms with E-state index in [4.69, 9.17) is 4.74 Å². The number of alkyl halides is 1. The van der Waals surface area contributed by atoms with Gasteiger partial charge in [-0.05, 0) is 46.5 Å². The predicted molar refractivity (Wildman–Crippen MR) is 70.3 cm³/mol. The van der Waals surface area contributed by atoms with Crippen LogP contribution < -0.4 is 0 Å². The van der Waals surface area contributed by atoms with Crippen LogP contribution in [0.15, 0.2) is 0 Å². The minimum absolute atomic E-state index is 0.0405. The van der Waals surface area contributed by atoms with Gasteiger partial charge in [-0.25, -0.2) is 0 Å². The molecule has 15 heavy (non-hydrogen) atoms. The zero-order valence-electron chi connectivity index (χ0n) is 9.94. The smallest absolute Gasteiger partial charge is 0.312 e. The molecule has 1 aliphatic rings. The fourth-order valence-corrected chi connectivity index (χ4v) is 2.13. The maximum Gasteiger partial charge on any atom is 0.312 e. The van der Waals surface area contributed by atoms with Crippen LogP contribution in [0.5, 0.6) is 0 Å². The molecule has 0 unspecified atom stereocenters. The number of halogens is 1. The van der Waals surface area contributed by atoms with Crippen LogP contribution >= 0.6 is 22.6 Å². The highest BCUT2D eigenvalue weighted by atomic mass is 127. The van der Waals surface area contributed by atoms with Gasteiger partial charge >= 0.3 is 5.97 Å². The summed E-state index contributed by atoms with van der Waals surface area (Å²) < 4.78 is 6.50. The molecule has 0 amide bonds. The van der Waals surface area contributed by atoms with E-state index in [1.807, 2.05) is 13.8 Å². The van der Waals surface area contributed by atoms with Crippen LogP contribution in [0.25, 0.3) is 0 Å². The number of esters is 1. The number of hydrogen-bond acceptors (Lipinski definition) is 2. The second kappa shape index (κ2) is 5.02. The van der Waals surface area contributed by atoms with Crippen molar-refractivity contribution >= 4 is 28.6 Å². The fraction of sp³-hybridized carbons (Fsp3) is 0.917. The first-order chi connectivity index (χ1) is 6.90. The summed E-state index contributed by atoms with van der Waals surface area (Å²) in [6.45, 7) is 5.98. The third-order valence-electron chi connectivity index (χ3n) is 3.14. The minimum Gasteiger partial charge on any atom is -0.459 e. The molecule has 0 saturated heterocycles. The van der Waals surface area contributed by atoms with Gasteiger partial charge in [0.15, 0.2) is 0 Å². The monoisotopic (exact) mass is 324 g/mol. The third kappa shape index (κ3) is 3.61. The van der Waals surface area contributed by atoms with E-state index in [-0.39, 0.29) is 17.0 Å². The molecule has 0 aromatic rings. The van der Waals surface area contributed by atoms with E-state index in [9.17, 15) is 4.79 Å². The molecule has 0 heterocycles. The number of hydrogen-bond donors (Lipinski definition) is 0. The highest BCUT2D eigenvalue weighted by Crippen LogP contribution is 2.33. The first kappa shape index (κ1) is 13.3. The van der Waals surface area contributed by atoms with E-state index >= 15 is 0 Å². The van der Waals surface area contributed by atoms with Crippen molar-refractivity contribution < 1.29 is 9.53 Å². The molecule has 0 spiro atoms. The normalized spacial score (nSPS) is 21.1. The van der Waals surface area contributed by atoms with Crippen LogP contribution in [0.1, 0.15) is 52.9 Å². The maximum atomic E-state index is 11.9. The average Bonchev–Trinajstić information content (AvgIpc) is 2.18. The second-order valence-corrected chi connectivity index (χ2v) is 6.18. The molecule has 0 atom stereocenters. The van der Waals surface area contributed by atoms with Crippen LogP contribution in [0, 0.1) is 5.41 Å². The lowest BCUT2D eigenvalue weighted by Gasteiger charge is -2.35. The predicted octanol–water partition coefficient (Wildman–Crippen LogP) is 3.71. The van der Waals surface area contributed by atoms with Crippen LogP contribution in [-0.2, 0) is 9.53 Å². The molecule has 0 radical (unpaired) electrons. The zero-order valence-corrected chi connectivity index (χ0v) is 12.1. The summed E-state index contributed by atoms with van der Waals surface area (Å²) in [4.78, 5) is 11.9. The molecular formula is C12H21IO2. The summed E-state index contributed by atoms with van der Waals surface area (Å²) in [6.07, 6.45) is 5.71. The van der Waals surface area contributed by atoms with Gasteiger partial charge in [0, 0.05) is 4.43 Å². The van der Waals surface area contributed by atoms with Gasteiger partial charge in [0.2, 0.25) is 0 Å². The lowest BCUT2D eigenvalue weighted by atomic mass is 9.85. The lowest BCUT2D eigenvalue weighted by Crippen LogP contribution is -2.39. The number of carbonyl (C=O) groups is 1. The molecule has 1 saturated carbocycles. The Bertz CT molecular complexity index is 230. The van der Waals surface area contributed by atoms with E-state index in [2.05, 4.69) is 29.5 Å². The van der Waals surface area contributed by atoms with Crippen molar-refractivity contribution in [3.8, 4) is 0 Å². The maximum absolute atomic E-state index is 11.9. The summed E-state index contributed by atoms with van der Waals surface area (Å²) in [7, 11) is 0. The molecule has 1 aliphatic carbocycles. The Kier molecular flexibility index (Phi) is 4.44. The van der Waals surface area contributed by atoms with Crippen molar-refractivity contribution in [3.05, 3.63) is 0 Å². The van der Waals surface area contributed by atoms with Gasteiger partial charge < -0.3 is 4.74 Å². The van der Waals surface area contributed by atoms with Gasteiger partial charge in [-0.1, -0.05) is 29.0 Å². The molecule has 2 nitrogen and oxygen atoms in total. The quantitative estimate of drug-likeness (QED) is 0.449. The number of ether oxygens (including phenoxy) is 1. The van der Waals surface area contributed by atoms with Gasteiger partial charge in [0.1, 0.15) is 5.60 Å². The van der Waals surface area contributed by atoms with Gasteiger partial charge in [-0.15, -0.1) is 0 Å². The SMILES string of the molecule is CC1(OC(=O)C(C)(C)CI)CCCCC1. The van der Waals surface area contributed by atoms with Crippen molar-refractivity contribution in [1.29, 1.82) is 0 Å². The van der Waals surface area contributed by atoms with E-state index in [0.717, 1.165) is 17.3 Å². The molecule has 0 aromatic carbocycles. The Morgan fingerprint density at radius 1 is 1.33 bits per heavy atom. The Morgan fingerprint density at radius 3 is 2.33 bits per heavy atom. The Morgan fingerprint density at radius 2 is 1.87 bits per heavy atom. The minimum atomic E-state index is -0.346. The fourth-order valence-electron chi connectivity index (χ4n) is 1.82. The van der Waals surface area contributed by atoms with E-state index in [0.29, 0.717) is 0 Å². The highest BCUT2D eigenvalue weighted by molar-refractivity contribution is 14.1. The van der Waals surface area contributed by atoms with Gasteiger partial charge in [0.25, 0.3) is 0 Å². The number of rotatable bonds is 3. The van der Waals surface area contributed by atoms with Gasteiger partial charge in [-0.2, -0.15) is 0 Å². The molecule has 0 N–H and O–H groups in total. The van der Waals surface area contributed by atoms with Crippen LogP contribution in [0.2, 0.25) is 0 Å². The molecule has 0 bridgehead atoms. The summed E-state index contributed by atoms with van der Waals surface area (Å²) in [5.74, 6) is -0.0405. The van der Waals surface area contributed by atoms with E-state index in [1.165, 1.54) is 19.3 Å². The topological polar surface area (TPSA) is 26.3 Å². The van der Waals surface area contributed by atoms with Crippen LogP contribution in [-0.4, -0.2) is 16.0 Å². The molecule has 0 aliphatic heterocycles. The van der Waals surface area contributed by atoms with Crippen molar-refractivity contribution in [3.63, 3.8) is 0 Å². The Hall–Kier alpha value is 0.200. The van der Waals surface area contributed by atoms with Crippen molar-refractivity contribution in [2.45, 2.75) is 58.5 Å². The van der Waals surface area contributed by atoms with Crippen molar-refractivity contribution in [2.75, 3.05) is 4.43 Å². The first-order valence-electron chi connectivity index (χ1n) is 5.69. The summed E-state index contributed by atoms with van der Waals surface area (Å²) in [5, 5.41) is 0. The molecule has 88 valence electrons. The Balaban J connectivity index is 2.56. The largest absolute Gasteiger partial charge is 0.459 e. The molecule has 3 heteroatoms.